The van der Waals surface area contributed by atoms with Crippen molar-refractivity contribution < 1.29 is 0 Å². The van der Waals surface area contributed by atoms with Gasteiger partial charge in [-0.25, -0.2) is 0 Å². The van der Waals surface area contributed by atoms with Crippen molar-refractivity contribution in [2.45, 2.75) is 26.2 Å². The standard InChI is InChI=1S/C14H19N/c1-2-12-8-14(9-12)10-15(11-14)13-6-4-3-5-7-13/h3-7,12H,2,8-11H2,1H3. The third-order valence-corrected chi connectivity index (χ3v) is 4.19. The normalized spacial score (nSPS) is 23.7. The van der Waals surface area contributed by atoms with E-state index in [0.29, 0.717) is 0 Å². The number of anilines is 1. The molecule has 0 radical (unpaired) electrons. The van der Waals surface area contributed by atoms with Crippen LogP contribution in [-0.2, 0) is 0 Å². The van der Waals surface area contributed by atoms with Gasteiger partial charge >= 0.3 is 0 Å². The molecule has 1 spiro atoms. The molecule has 0 aromatic heterocycles. The number of hydrogen-bond acceptors (Lipinski definition) is 1. The van der Waals surface area contributed by atoms with Gasteiger partial charge < -0.3 is 4.90 Å². The molecule has 1 heteroatoms. The molecule has 1 heterocycles. The lowest BCUT2D eigenvalue weighted by molar-refractivity contribution is 0.0219. The minimum absolute atomic E-state index is 0.719. The lowest BCUT2D eigenvalue weighted by Gasteiger charge is -2.60. The molecule has 80 valence electrons. The molecule has 1 saturated carbocycles. The van der Waals surface area contributed by atoms with Crippen molar-refractivity contribution in [3.8, 4) is 0 Å². The maximum atomic E-state index is 2.52. The van der Waals surface area contributed by atoms with Crippen LogP contribution in [0, 0.1) is 11.3 Å². The Kier molecular flexibility index (Phi) is 2.01. The van der Waals surface area contributed by atoms with E-state index < -0.39 is 0 Å². The maximum absolute atomic E-state index is 2.52. The van der Waals surface area contributed by atoms with Crippen molar-refractivity contribution in [1.29, 1.82) is 0 Å². The van der Waals surface area contributed by atoms with Gasteiger partial charge in [0.05, 0.1) is 0 Å². The Hall–Kier alpha value is -0.980. The van der Waals surface area contributed by atoms with Crippen LogP contribution in [0.4, 0.5) is 5.69 Å². The van der Waals surface area contributed by atoms with E-state index in [-0.39, 0.29) is 0 Å². The fraction of sp³-hybridized carbons (Fsp3) is 0.571. The molecule has 0 N–H and O–H groups in total. The third kappa shape index (κ3) is 1.45. The number of benzene rings is 1. The Balaban J connectivity index is 1.59. The minimum Gasteiger partial charge on any atom is -0.370 e. The Morgan fingerprint density at radius 3 is 2.47 bits per heavy atom. The highest BCUT2D eigenvalue weighted by molar-refractivity contribution is 5.50. The van der Waals surface area contributed by atoms with Crippen molar-refractivity contribution >= 4 is 5.69 Å². The molecular weight excluding hydrogens is 182 g/mol. The van der Waals surface area contributed by atoms with Gasteiger partial charge in [0.25, 0.3) is 0 Å². The summed E-state index contributed by atoms with van der Waals surface area (Å²) in [6, 6.07) is 10.8. The van der Waals surface area contributed by atoms with Crippen LogP contribution in [0.5, 0.6) is 0 Å². The monoisotopic (exact) mass is 201 g/mol. The molecule has 0 atom stereocenters. The summed E-state index contributed by atoms with van der Waals surface area (Å²) in [6.07, 6.45) is 4.34. The van der Waals surface area contributed by atoms with E-state index in [0.717, 1.165) is 11.3 Å². The Labute approximate surface area is 92.1 Å². The fourth-order valence-electron chi connectivity index (χ4n) is 3.30. The van der Waals surface area contributed by atoms with Gasteiger partial charge in [-0.15, -0.1) is 0 Å². The van der Waals surface area contributed by atoms with Crippen LogP contribution >= 0.6 is 0 Å². The predicted octanol–water partition coefficient (Wildman–Crippen LogP) is 3.31. The van der Waals surface area contributed by atoms with Crippen molar-refractivity contribution in [3.05, 3.63) is 30.3 Å². The molecule has 3 rings (SSSR count). The average molecular weight is 201 g/mol. The molecule has 1 nitrogen and oxygen atoms in total. The van der Waals surface area contributed by atoms with Crippen LogP contribution in [0.25, 0.3) is 0 Å². The van der Waals surface area contributed by atoms with E-state index in [1.165, 1.54) is 38.0 Å². The summed E-state index contributed by atoms with van der Waals surface area (Å²) < 4.78 is 0. The van der Waals surface area contributed by atoms with E-state index in [1.54, 1.807) is 0 Å². The van der Waals surface area contributed by atoms with Gasteiger partial charge in [0.15, 0.2) is 0 Å². The lowest BCUT2D eigenvalue weighted by atomic mass is 9.57. The zero-order valence-corrected chi connectivity index (χ0v) is 9.45. The summed E-state index contributed by atoms with van der Waals surface area (Å²) in [6.45, 7) is 4.92. The van der Waals surface area contributed by atoms with Gasteiger partial charge in [0, 0.05) is 24.2 Å². The second-order valence-corrected chi connectivity index (χ2v) is 5.37. The summed E-state index contributed by atoms with van der Waals surface area (Å²) in [4.78, 5) is 2.52. The molecule has 1 aliphatic carbocycles. The Morgan fingerprint density at radius 1 is 1.20 bits per heavy atom. The van der Waals surface area contributed by atoms with Crippen LogP contribution in [-0.4, -0.2) is 13.1 Å². The first-order valence-electron chi connectivity index (χ1n) is 6.11. The molecule has 1 aromatic carbocycles. The number of rotatable bonds is 2. The van der Waals surface area contributed by atoms with Gasteiger partial charge in [-0.2, -0.15) is 0 Å². The zero-order chi connectivity index (χ0) is 10.3. The van der Waals surface area contributed by atoms with Gasteiger partial charge in [0.1, 0.15) is 0 Å². The summed E-state index contributed by atoms with van der Waals surface area (Å²) in [5.74, 6) is 1.03. The largest absolute Gasteiger partial charge is 0.370 e. The van der Waals surface area contributed by atoms with E-state index in [4.69, 9.17) is 0 Å². The van der Waals surface area contributed by atoms with E-state index in [9.17, 15) is 0 Å². The highest BCUT2D eigenvalue weighted by atomic mass is 15.2. The van der Waals surface area contributed by atoms with Gasteiger partial charge in [-0.1, -0.05) is 31.5 Å². The van der Waals surface area contributed by atoms with E-state index in [2.05, 4.69) is 42.2 Å². The highest BCUT2D eigenvalue weighted by Gasteiger charge is 2.51. The lowest BCUT2D eigenvalue weighted by Crippen LogP contribution is -2.62. The minimum atomic E-state index is 0.719. The van der Waals surface area contributed by atoms with Crippen molar-refractivity contribution in [2.24, 2.45) is 11.3 Å². The molecule has 1 aromatic rings. The topological polar surface area (TPSA) is 3.24 Å². The first-order valence-corrected chi connectivity index (χ1v) is 6.11. The number of para-hydroxylation sites is 1. The van der Waals surface area contributed by atoms with Crippen LogP contribution in [0.15, 0.2) is 30.3 Å². The van der Waals surface area contributed by atoms with Crippen LogP contribution in [0.3, 0.4) is 0 Å². The summed E-state index contributed by atoms with van der Waals surface area (Å²) in [7, 11) is 0. The molecule has 0 unspecified atom stereocenters. The van der Waals surface area contributed by atoms with E-state index in [1.807, 2.05) is 0 Å². The van der Waals surface area contributed by atoms with Crippen molar-refractivity contribution in [3.63, 3.8) is 0 Å². The second-order valence-electron chi connectivity index (χ2n) is 5.37. The maximum Gasteiger partial charge on any atom is 0.0366 e. The smallest absolute Gasteiger partial charge is 0.0366 e. The Morgan fingerprint density at radius 2 is 1.87 bits per heavy atom. The van der Waals surface area contributed by atoms with Gasteiger partial charge in [0.2, 0.25) is 0 Å². The quantitative estimate of drug-likeness (QED) is 0.709. The molecule has 2 aliphatic rings. The molecule has 1 saturated heterocycles. The van der Waals surface area contributed by atoms with Crippen LogP contribution < -0.4 is 4.90 Å². The van der Waals surface area contributed by atoms with Crippen LogP contribution in [0.2, 0.25) is 0 Å². The molecule has 0 amide bonds. The average Bonchev–Trinajstić information content (AvgIpc) is 2.16. The molecule has 15 heavy (non-hydrogen) atoms. The summed E-state index contributed by atoms with van der Waals surface area (Å²) in [5.41, 5.74) is 2.12. The van der Waals surface area contributed by atoms with Crippen molar-refractivity contribution in [1.82, 2.24) is 0 Å². The Bertz CT molecular complexity index is 330. The first-order chi connectivity index (χ1) is 7.31. The van der Waals surface area contributed by atoms with Crippen LogP contribution in [0.1, 0.15) is 26.2 Å². The summed E-state index contributed by atoms with van der Waals surface area (Å²) in [5, 5.41) is 0. The SMILES string of the molecule is CCC1CC2(C1)CN(c1ccccc1)C2. The third-order valence-electron chi connectivity index (χ3n) is 4.19. The fourth-order valence-corrected chi connectivity index (χ4v) is 3.30. The van der Waals surface area contributed by atoms with Gasteiger partial charge in [-0.05, 0) is 30.9 Å². The molecule has 0 bridgehead atoms. The summed E-state index contributed by atoms with van der Waals surface area (Å²) >= 11 is 0. The first kappa shape index (κ1) is 9.26. The second kappa shape index (κ2) is 3.26. The predicted molar refractivity (Wildman–Crippen MR) is 64.1 cm³/mol. The highest BCUT2D eigenvalue weighted by Crippen LogP contribution is 2.53. The van der Waals surface area contributed by atoms with Crippen molar-refractivity contribution in [2.75, 3.05) is 18.0 Å². The number of nitrogens with zero attached hydrogens (tertiary/aromatic N) is 1. The molecule has 1 aliphatic heterocycles. The molecule has 2 fully saturated rings. The van der Waals surface area contributed by atoms with Gasteiger partial charge in [-0.3, -0.25) is 0 Å². The molecular formula is C14H19N. The van der Waals surface area contributed by atoms with E-state index >= 15 is 0 Å². The zero-order valence-electron chi connectivity index (χ0n) is 9.45. The number of hydrogen-bond donors (Lipinski definition) is 0.